The van der Waals surface area contributed by atoms with Gasteiger partial charge in [-0.05, 0) is 55.0 Å². The molecule has 0 bridgehead atoms. The highest BCUT2D eigenvalue weighted by atomic mass is 19.1. The molecule has 27 heavy (non-hydrogen) atoms. The highest BCUT2D eigenvalue weighted by Gasteiger charge is 2.59. The van der Waals surface area contributed by atoms with Gasteiger partial charge in [0, 0.05) is 19.2 Å². The summed E-state index contributed by atoms with van der Waals surface area (Å²) in [5.74, 6) is -1.79. The number of carbonyl (C=O) groups is 2. The van der Waals surface area contributed by atoms with Gasteiger partial charge in [0.15, 0.2) is 0 Å². The Kier molecular flexibility index (Phi) is 4.05. The molecule has 1 aromatic heterocycles. The Balaban J connectivity index is 1.52. The number of aliphatic carboxylic acids is 1. The summed E-state index contributed by atoms with van der Waals surface area (Å²) < 4.78 is 14.2. The molecule has 2 heterocycles. The number of carbonyl (C=O) groups excluding carboxylic acids is 1. The van der Waals surface area contributed by atoms with Crippen LogP contribution in [-0.2, 0) is 4.79 Å². The second kappa shape index (κ2) is 6.29. The van der Waals surface area contributed by atoms with Gasteiger partial charge >= 0.3 is 5.97 Å². The van der Waals surface area contributed by atoms with E-state index < -0.39 is 17.3 Å². The van der Waals surface area contributed by atoms with Gasteiger partial charge in [0.25, 0.3) is 11.5 Å². The summed E-state index contributed by atoms with van der Waals surface area (Å²) in [5, 5.41) is 13.3. The van der Waals surface area contributed by atoms with E-state index in [1.54, 1.807) is 4.90 Å². The lowest BCUT2D eigenvalue weighted by molar-refractivity contribution is -0.139. The molecule has 4 rings (SSSR count). The number of likely N-dealkylation sites (tertiary alicyclic amines) is 1. The maximum Gasteiger partial charge on any atom is 0.307 e. The Labute approximate surface area is 154 Å². The zero-order valence-corrected chi connectivity index (χ0v) is 14.5. The lowest BCUT2D eigenvalue weighted by atomic mass is 9.90. The second-order valence-electron chi connectivity index (χ2n) is 7.19. The van der Waals surface area contributed by atoms with E-state index in [0.29, 0.717) is 38.0 Å². The van der Waals surface area contributed by atoms with E-state index in [1.165, 1.54) is 36.4 Å². The fourth-order valence-corrected chi connectivity index (χ4v) is 3.86. The molecule has 1 N–H and O–H groups in total. The summed E-state index contributed by atoms with van der Waals surface area (Å²) in [7, 11) is 0. The first-order chi connectivity index (χ1) is 12.9. The number of carboxylic acids is 1. The molecule has 7 nitrogen and oxygen atoms in total. The van der Waals surface area contributed by atoms with Crippen LogP contribution in [0.2, 0.25) is 0 Å². The number of rotatable bonds is 3. The fraction of sp³-hybridized carbons (Fsp3) is 0.368. The predicted octanol–water partition coefficient (Wildman–Crippen LogP) is 1.70. The van der Waals surface area contributed by atoms with E-state index in [4.69, 9.17) is 5.11 Å². The van der Waals surface area contributed by atoms with E-state index in [9.17, 15) is 18.8 Å². The predicted molar refractivity (Wildman–Crippen MR) is 93.1 cm³/mol. The molecule has 1 spiro atoms. The molecular weight excluding hydrogens is 353 g/mol. The zero-order valence-electron chi connectivity index (χ0n) is 14.5. The van der Waals surface area contributed by atoms with Crippen LogP contribution in [0.25, 0.3) is 5.69 Å². The van der Waals surface area contributed by atoms with Crippen molar-refractivity contribution < 1.29 is 19.1 Å². The topological polar surface area (TPSA) is 92.5 Å². The van der Waals surface area contributed by atoms with Crippen LogP contribution >= 0.6 is 0 Å². The molecule has 2 aliphatic rings. The molecule has 1 aromatic carbocycles. The van der Waals surface area contributed by atoms with E-state index >= 15 is 0 Å². The normalized spacial score (nSPS) is 20.5. The van der Waals surface area contributed by atoms with Crippen LogP contribution in [0, 0.1) is 17.2 Å². The number of amides is 1. The molecular formula is C19H18FN3O4. The number of benzene rings is 1. The maximum absolute atomic E-state index is 13.1. The van der Waals surface area contributed by atoms with Gasteiger partial charge in [-0.1, -0.05) is 0 Å². The Bertz CT molecular complexity index is 962. The van der Waals surface area contributed by atoms with Crippen molar-refractivity contribution in [2.24, 2.45) is 11.3 Å². The number of aromatic nitrogens is 2. The summed E-state index contributed by atoms with van der Waals surface area (Å²) in [5.41, 5.74) is -0.0856. The Morgan fingerprint density at radius 1 is 1.11 bits per heavy atom. The van der Waals surface area contributed by atoms with E-state index in [-0.39, 0.29) is 22.9 Å². The van der Waals surface area contributed by atoms with Crippen LogP contribution in [-0.4, -0.2) is 44.8 Å². The number of halogens is 1. The quantitative estimate of drug-likeness (QED) is 0.887. The average Bonchev–Trinajstić information content (AvgIpc) is 3.37. The van der Waals surface area contributed by atoms with Gasteiger partial charge < -0.3 is 10.0 Å². The lowest BCUT2D eigenvalue weighted by Gasteiger charge is -2.32. The highest BCUT2D eigenvalue weighted by molar-refractivity contribution is 5.92. The third-order valence-electron chi connectivity index (χ3n) is 5.62. The molecule has 140 valence electrons. The molecule has 1 aliphatic carbocycles. The van der Waals surface area contributed by atoms with Gasteiger partial charge in [-0.3, -0.25) is 14.4 Å². The summed E-state index contributed by atoms with van der Waals surface area (Å²) in [4.78, 5) is 37.6. The van der Waals surface area contributed by atoms with Crippen molar-refractivity contribution in [3.63, 3.8) is 0 Å². The Morgan fingerprint density at radius 2 is 1.78 bits per heavy atom. The minimum absolute atomic E-state index is 0.125. The lowest BCUT2D eigenvalue weighted by Crippen LogP contribution is -2.41. The van der Waals surface area contributed by atoms with Gasteiger partial charge in [0.1, 0.15) is 11.5 Å². The first kappa shape index (κ1) is 17.4. The molecule has 1 saturated carbocycles. The number of carboxylic acid groups (broad SMARTS) is 1. The third-order valence-corrected chi connectivity index (χ3v) is 5.62. The molecule has 2 fully saturated rings. The van der Waals surface area contributed by atoms with Gasteiger partial charge in [-0.15, -0.1) is 0 Å². The van der Waals surface area contributed by atoms with Gasteiger partial charge in [-0.2, -0.15) is 9.78 Å². The molecule has 1 unspecified atom stereocenters. The Morgan fingerprint density at radius 3 is 2.37 bits per heavy atom. The molecule has 0 radical (unpaired) electrons. The van der Waals surface area contributed by atoms with E-state index in [1.807, 2.05) is 0 Å². The van der Waals surface area contributed by atoms with Crippen LogP contribution in [0.15, 0.2) is 41.2 Å². The van der Waals surface area contributed by atoms with Crippen LogP contribution in [0.3, 0.4) is 0 Å². The SMILES string of the molecule is O=C(O)C1CC12CCN(C(=O)c1ccc(=O)n(-c3ccc(F)cc3)n1)CC2. The van der Waals surface area contributed by atoms with Crippen molar-refractivity contribution in [2.45, 2.75) is 19.3 Å². The molecule has 8 heteroatoms. The number of nitrogens with zero attached hydrogens (tertiary/aromatic N) is 3. The second-order valence-corrected chi connectivity index (χ2v) is 7.19. The molecule has 1 atom stereocenters. The van der Waals surface area contributed by atoms with Crippen LogP contribution in [0.1, 0.15) is 29.8 Å². The van der Waals surface area contributed by atoms with E-state index in [2.05, 4.69) is 5.10 Å². The third kappa shape index (κ3) is 3.11. The summed E-state index contributed by atoms with van der Waals surface area (Å²) in [6.45, 7) is 0.944. The van der Waals surface area contributed by atoms with Crippen molar-refractivity contribution in [3.8, 4) is 5.69 Å². The summed E-state index contributed by atoms with van der Waals surface area (Å²) in [6.07, 6.45) is 2.00. The van der Waals surface area contributed by atoms with Gasteiger partial charge in [-0.25, -0.2) is 4.39 Å². The molecule has 2 aromatic rings. The van der Waals surface area contributed by atoms with Gasteiger partial charge in [0.2, 0.25) is 0 Å². The molecule has 1 amide bonds. The number of piperidine rings is 1. The number of hydrogen-bond acceptors (Lipinski definition) is 4. The smallest absolute Gasteiger partial charge is 0.307 e. The summed E-state index contributed by atoms with van der Waals surface area (Å²) in [6, 6.07) is 7.92. The summed E-state index contributed by atoms with van der Waals surface area (Å²) >= 11 is 0. The highest BCUT2D eigenvalue weighted by Crippen LogP contribution is 2.59. The van der Waals surface area contributed by atoms with Crippen molar-refractivity contribution in [1.82, 2.24) is 14.7 Å². The monoisotopic (exact) mass is 371 g/mol. The van der Waals surface area contributed by atoms with Crippen LogP contribution < -0.4 is 5.56 Å². The minimum atomic E-state index is -0.761. The minimum Gasteiger partial charge on any atom is -0.481 e. The first-order valence-electron chi connectivity index (χ1n) is 8.78. The largest absolute Gasteiger partial charge is 0.481 e. The van der Waals surface area contributed by atoms with Gasteiger partial charge in [0.05, 0.1) is 11.6 Å². The average molecular weight is 371 g/mol. The van der Waals surface area contributed by atoms with E-state index in [0.717, 1.165) is 4.68 Å². The van der Waals surface area contributed by atoms with Crippen molar-refractivity contribution in [2.75, 3.05) is 13.1 Å². The zero-order chi connectivity index (χ0) is 19.2. The Hall–Kier alpha value is -3.03. The molecule has 1 saturated heterocycles. The maximum atomic E-state index is 13.1. The van der Waals surface area contributed by atoms with Crippen molar-refractivity contribution in [3.05, 3.63) is 58.3 Å². The van der Waals surface area contributed by atoms with Crippen LogP contribution in [0.4, 0.5) is 4.39 Å². The molecule has 1 aliphatic heterocycles. The first-order valence-corrected chi connectivity index (χ1v) is 8.78. The fourth-order valence-electron chi connectivity index (χ4n) is 3.86. The standard InChI is InChI=1S/C19H18FN3O4/c20-12-1-3-13(4-2-12)23-16(24)6-5-15(21-23)17(25)22-9-7-19(8-10-22)11-14(19)18(26)27/h1-6,14H,7-11H2,(H,26,27). The van der Waals surface area contributed by atoms with Crippen LogP contribution in [0.5, 0.6) is 0 Å². The number of hydrogen-bond donors (Lipinski definition) is 1. The van der Waals surface area contributed by atoms with Crippen molar-refractivity contribution in [1.29, 1.82) is 0 Å². The van der Waals surface area contributed by atoms with Crippen molar-refractivity contribution >= 4 is 11.9 Å².